The third-order valence-electron chi connectivity index (χ3n) is 6.63. The van der Waals surface area contributed by atoms with E-state index in [2.05, 4.69) is 25.5 Å². The summed E-state index contributed by atoms with van der Waals surface area (Å²) in [7, 11) is 0. The minimum Gasteiger partial charge on any atom is -0.340 e. The van der Waals surface area contributed by atoms with E-state index >= 15 is 0 Å². The highest BCUT2D eigenvalue weighted by atomic mass is 35.5. The van der Waals surface area contributed by atoms with Gasteiger partial charge in [0.05, 0.1) is 23.6 Å². The fourth-order valence-electron chi connectivity index (χ4n) is 4.84. The first kappa shape index (κ1) is 24.7. The van der Waals surface area contributed by atoms with Crippen LogP contribution in [0.4, 0.5) is 13.2 Å². The number of benzene rings is 2. The van der Waals surface area contributed by atoms with Gasteiger partial charge in [-0.1, -0.05) is 35.9 Å². The normalized spacial score (nSPS) is 14.9. The molecule has 3 aromatic heterocycles. The van der Waals surface area contributed by atoms with E-state index in [0.717, 1.165) is 17.8 Å². The van der Waals surface area contributed by atoms with Crippen LogP contribution in [0.2, 0.25) is 5.02 Å². The number of H-pyrrole nitrogens is 1. The number of fused-ring (bicyclic) bond motifs is 1. The predicted octanol–water partition coefficient (Wildman–Crippen LogP) is 4.82. The van der Waals surface area contributed by atoms with Crippen molar-refractivity contribution < 1.29 is 18.0 Å². The number of alkyl halides is 3. The van der Waals surface area contributed by atoms with Gasteiger partial charge >= 0.3 is 6.18 Å². The van der Waals surface area contributed by atoms with E-state index < -0.39 is 17.5 Å². The van der Waals surface area contributed by atoms with Gasteiger partial charge in [-0.2, -0.15) is 17.9 Å². The summed E-state index contributed by atoms with van der Waals surface area (Å²) < 4.78 is 41.3. The standard InChI is InChI=1S/C26H17ClF3N7O2/c27-17-5-7-21(36-13-32-34-35-36)19(11-17)16-9-18-6-8-22(37(18)23(38)10-16)25-31-12-20(33-25)14-1-3-15(4-2-14)24(39)26(28,29)30/h1-5,7,9-13,22H,6,8H2,(H,31,33)/t22-/m0/s1. The van der Waals surface area contributed by atoms with Crippen molar-refractivity contribution in [2.24, 2.45) is 0 Å². The van der Waals surface area contributed by atoms with Crippen molar-refractivity contribution in [1.29, 1.82) is 0 Å². The minimum atomic E-state index is -4.94. The summed E-state index contributed by atoms with van der Waals surface area (Å²) in [5, 5.41) is 11.8. The van der Waals surface area contributed by atoms with Gasteiger partial charge in [-0.05, 0) is 58.7 Å². The summed E-state index contributed by atoms with van der Waals surface area (Å²) in [5.41, 5.74) is 3.31. The SMILES string of the molecule is O=C(c1ccc(-c2cnc([C@@H]3CCc4cc(-c5cc(Cl)ccc5-n5cnnn5)cc(=O)n43)[nH]2)cc1)C(F)(F)F. The van der Waals surface area contributed by atoms with Crippen LogP contribution in [-0.2, 0) is 6.42 Å². The molecule has 0 radical (unpaired) electrons. The lowest BCUT2D eigenvalue weighted by atomic mass is 10.0. The third kappa shape index (κ3) is 4.52. The lowest BCUT2D eigenvalue weighted by Crippen LogP contribution is -2.23. The molecule has 0 spiro atoms. The zero-order valence-corrected chi connectivity index (χ0v) is 20.6. The van der Waals surface area contributed by atoms with Crippen molar-refractivity contribution in [3.05, 3.63) is 99.6 Å². The molecule has 6 rings (SSSR count). The maximum Gasteiger partial charge on any atom is 0.454 e. The Morgan fingerprint density at radius 3 is 2.56 bits per heavy atom. The van der Waals surface area contributed by atoms with Crippen LogP contribution in [0, 0.1) is 0 Å². The Labute approximate surface area is 222 Å². The summed E-state index contributed by atoms with van der Waals surface area (Å²) in [5.74, 6) is -1.35. The largest absolute Gasteiger partial charge is 0.454 e. The molecule has 4 heterocycles. The van der Waals surface area contributed by atoms with Crippen molar-refractivity contribution in [2.75, 3.05) is 0 Å². The first-order valence-corrected chi connectivity index (χ1v) is 12.1. The molecule has 13 heteroatoms. The number of nitrogens with one attached hydrogen (secondary N) is 1. The number of carbonyl (C=O) groups excluding carboxylic acids is 1. The highest BCUT2D eigenvalue weighted by molar-refractivity contribution is 6.31. The number of aromatic nitrogens is 7. The zero-order valence-electron chi connectivity index (χ0n) is 19.9. The number of imidazole rings is 1. The predicted molar refractivity (Wildman–Crippen MR) is 135 cm³/mol. The lowest BCUT2D eigenvalue weighted by molar-refractivity contribution is -0.0885. The highest BCUT2D eigenvalue weighted by Gasteiger charge is 2.39. The molecule has 1 N–H and O–H groups in total. The number of carbonyl (C=O) groups is 1. The van der Waals surface area contributed by atoms with Crippen molar-refractivity contribution in [3.8, 4) is 28.1 Å². The van der Waals surface area contributed by atoms with E-state index in [1.165, 1.54) is 29.2 Å². The molecule has 196 valence electrons. The molecule has 0 aliphatic carbocycles. The zero-order chi connectivity index (χ0) is 27.3. The molecule has 0 saturated heterocycles. The fourth-order valence-corrected chi connectivity index (χ4v) is 5.01. The Bertz CT molecular complexity index is 1760. The van der Waals surface area contributed by atoms with Crippen LogP contribution in [0.3, 0.4) is 0 Å². The smallest absolute Gasteiger partial charge is 0.340 e. The molecule has 0 saturated carbocycles. The van der Waals surface area contributed by atoms with Crippen molar-refractivity contribution in [1.82, 2.24) is 34.7 Å². The number of ketones is 1. The Hall–Kier alpha value is -4.58. The Kier molecular flexibility index (Phi) is 5.91. The molecule has 2 aromatic carbocycles. The Morgan fingerprint density at radius 2 is 1.85 bits per heavy atom. The molecule has 0 bridgehead atoms. The number of nitrogens with zero attached hydrogens (tertiary/aromatic N) is 6. The fraction of sp³-hybridized carbons (Fsp3) is 0.154. The second kappa shape index (κ2) is 9.31. The van der Waals surface area contributed by atoms with Gasteiger partial charge in [0.25, 0.3) is 11.3 Å². The van der Waals surface area contributed by atoms with E-state index in [9.17, 15) is 22.8 Å². The average Bonchev–Trinajstić information content (AvgIpc) is 3.68. The quantitative estimate of drug-likeness (QED) is 0.314. The molecule has 1 aliphatic rings. The molecule has 0 unspecified atom stereocenters. The number of Topliss-reactive ketones (excluding diaryl/α,β-unsaturated/α-hetero) is 1. The number of aryl methyl sites for hydroxylation is 1. The van der Waals surface area contributed by atoms with Gasteiger partial charge in [-0.25, -0.2) is 4.98 Å². The number of tetrazole rings is 1. The molecular weight excluding hydrogens is 535 g/mol. The van der Waals surface area contributed by atoms with E-state index in [-0.39, 0.29) is 11.6 Å². The maximum absolute atomic E-state index is 13.3. The summed E-state index contributed by atoms with van der Waals surface area (Å²) >= 11 is 6.26. The van der Waals surface area contributed by atoms with Gasteiger partial charge in [0.15, 0.2) is 0 Å². The average molecular weight is 552 g/mol. The van der Waals surface area contributed by atoms with Gasteiger partial charge in [-0.3, -0.25) is 9.59 Å². The third-order valence-corrected chi connectivity index (χ3v) is 6.86. The molecule has 9 nitrogen and oxygen atoms in total. The summed E-state index contributed by atoms with van der Waals surface area (Å²) in [6, 6.07) is 13.5. The van der Waals surface area contributed by atoms with Crippen molar-refractivity contribution >= 4 is 17.4 Å². The van der Waals surface area contributed by atoms with E-state index in [4.69, 9.17) is 11.6 Å². The van der Waals surface area contributed by atoms with Gasteiger partial charge in [-0.15, -0.1) is 5.10 Å². The number of aromatic amines is 1. The number of rotatable bonds is 5. The number of pyridine rings is 1. The van der Waals surface area contributed by atoms with Crippen LogP contribution in [0.25, 0.3) is 28.1 Å². The Balaban J connectivity index is 1.31. The van der Waals surface area contributed by atoms with Gasteiger partial charge in [0.2, 0.25) is 0 Å². The number of halogens is 4. The first-order valence-electron chi connectivity index (χ1n) is 11.7. The molecule has 1 aliphatic heterocycles. The van der Waals surface area contributed by atoms with E-state index in [1.807, 2.05) is 6.07 Å². The van der Waals surface area contributed by atoms with Crippen LogP contribution in [0.5, 0.6) is 0 Å². The molecule has 0 fully saturated rings. The summed E-state index contributed by atoms with van der Waals surface area (Å²) in [6.07, 6.45) is -0.677. The Morgan fingerprint density at radius 1 is 1.05 bits per heavy atom. The van der Waals surface area contributed by atoms with Crippen LogP contribution < -0.4 is 5.56 Å². The van der Waals surface area contributed by atoms with Gasteiger partial charge < -0.3 is 9.55 Å². The van der Waals surface area contributed by atoms with Crippen LogP contribution >= 0.6 is 11.6 Å². The molecule has 5 aromatic rings. The second-order valence-corrected chi connectivity index (χ2v) is 9.44. The van der Waals surface area contributed by atoms with Crippen molar-refractivity contribution in [2.45, 2.75) is 25.1 Å². The second-order valence-electron chi connectivity index (χ2n) is 9.00. The lowest BCUT2D eigenvalue weighted by Gasteiger charge is -2.15. The topological polar surface area (TPSA) is 111 Å². The molecule has 0 amide bonds. The minimum absolute atomic E-state index is 0.222. The number of hydrogen-bond acceptors (Lipinski definition) is 6. The maximum atomic E-state index is 13.3. The molecule has 39 heavy (non-hydrogen) atoms. The number of hydrogen-bond donors (Lipinski definition) is 1. The summed E-state index contributed by atoms with van der Waals surface area (Å²) in [4.78, 5) is 32.4. The van der Waals surface area contributed by atoms with Crippen molar-refractivity contribution in [3.63, 3.8) is 0 Å². The summed E-state index contributed by atoms with van der Waals surface area (Å²) in [6.45, 7) is 0. The van der Waals surface area contributed by atoms with Crippen LogP contribution in [0.1, 0.15) is 34.3 Å². The van der Waals surface area contributed by atoms with E-state index in [1.54, 1.807) is 29.0 Å². The van der Waals surface area contributed by atoms with Gasteiger partial charge in [0, 0.05) is 27.9 Å². The van der Waals surface area contributed by atoms with Crippen LogP contribution in [0.15, 0.2) is 71.9 Å². The monoisotopic (exact) mass is 551 g/mol. The van der Waals surface area contributed by atoms with E-state index in [0.29, 0.717) is 51.8 Å². The highest BCUT2D eigenvalue weighted by Crippen LogP contribution is 2.34. The van der Waals surface area contributed by atoms with Gasteiger partial charge in [0.1, 0.15) is 12.2 Å². The molecule has 1 atom stereocenters. The van der Waals surface area contributed by atoms with Crippen LogP contribution in [-0.4, -0.2) is 46.7 Å². The molecular formula is C26H17ClF3N7O2. The first-order chi connectivity index (χ1) is 18.7.